The van der Waals surface area contributed by atoms with E-state index in [1.165, 1.54) is 0 Å². The molecule has 0 heterocycles. The Morgan fingerprint density at radius 1 is 1.35 bits per heavy atom. The second kappa shape index (κ2) is 8.89. The van der Waals surface area contributed by atoms with E-state index in [1.54, 1.807) is 42.3 Å². The number of para-hydroxylation sites is 1. The highest BCUT2D eigenvalue weighted by Crippen LogP contribution is 2.60. The first-order chi connectivity index (χ1) is 10.8. The Bertz CT molecular complexity index is 558. The van der Waals surface area contributed by atoms with E-state index in [-0.39, 0.29) is 29.6 Å². The number of nitrogens with two attached hydrogens (primary N) is 2. The Hall–Kier alpha value is -0.800. The average Bonchev–Trinajstić information content (AvgIpc) is 2.54. The van der Waals surface area contributed by atoms with Gasteiger partial charge in [0.1, 0.15) is 11.9 Å². The Morgan fingerprint density at radius 3 is 2.39 bits per heavy atom. The van der Waals surface area contributed by atoms with Crippen LogP contribution in [0.4, 0.5) is 8.78 Å². The van der Waals surface area contributed by atoms with E-state index in [1.807, 2.05) is 0 Å². The summed E-state index contributed by atoms with van der Waals surface area (Å²) < 4.78 is 45.4. The quantitative estimate of drug-likeness (QED) is 0.442. The Morgan fingerprint density at radius 2 is 1.91 bits per heavy atom. The molecule has 0 aromatic heterocycles. The smallest absolute Gasteiger partial charge is 0.328 e. The molecule has 1 aromatic rings. The van der Waals surface area contributed by atoms with Crippen molar-refractivity contribution in [1.82, 2.24) is 5.09 Å². The van der Waals surface area contributed by atoms with Crippen molar-refractivity contribution in [1.29, 1.82) is 0 Å². The number of halogens is 2. The van der Waals surface area contributed by atoms with Gasteiger partial charge < -0.3 is 4.74 Å². The third kappa shape index (κ3) is 6.31. The lowest BCUT2D eigenvalue weighted by atomic mass is 10.1. The number of carbonyl (C=O) groups is 1. The molecule has 0 saturated carbocycles. The average molecular weight is 385 g/mol. The summed E-state index contributed by atoms with van der Waals surface area (Å²) in [6.07, 6.45) is -1.46. The number of alkyl halides is 2. The van der Waals surface area contributed by atoms with Crippen molar-refractivity contribution in [2.45, 2.75) is 31.8 Å². The van der Waals surface area contributed by atoms with Gasteiger partial charge in [-0.2, -0.15) is 8.78 Å². The van der Waals surface area contributed by atoms with Gasteiger partial charge in [0.15, 0.2) is 0 Å². The van der Waals surface area contributed by atoms with Gasteiger partial charge in [-0.05, 0) is 18.6 Å². The van der Waals surface area contributed by atoms with Crippen molar-refractivity contribution in [3.8, 4) is 5.75 Å². The minimum absolute atomic E-state index is 0.241. The molecule has 0 saturated heterocycles. The first-order valence-electron chi connectivity index (χ1n) is 6.55. The second-order valence-corrected chi connectivity index (χ2v) is 11.2. The molecule has 5 N–H and O–H groups in total. The Kier molecular flexibility index (Phi) is 7.82. The molecule has 0 aliphatic carbocycles. The van der Waals surface area contributed by atoms with Gasteiger partial charge in [-0.3, -0.25) is 24.7 Å². The molecule has 0 spiro atoms. The minimum atomic E-state index is -3.77. The van der Waals surface area contributed by atoms with Gasteiger partial charge in [0.05, 0.1) is 6.42 Å². The first kappa shape index (κ1) is 20.2. The van der Waals surface area contributed by atoms with Crippen LogP contribution < -0.4 is 20.1 Å². The van der Waals surface area contributed by atoms with Gasteiger partial charge in [0, 0.05) is 23.1 Å². The third-order valence-electron chi connectivity index (χ3n) is 2.83. The van der Waals surface area contributed by atoms with Gasteiger partial charge in [0.2, 0.25) is 0 Å². The fourth-order valence-corrected chi connectivity index (χ4v) is 3.60. The summed E-state index contributed by atoms with van der Waals surface area (Å²) in [7, 11) is 0. The zero-order valence-electron chi connectivity index (χ0n) is 12.3. The van der Waals surface area contributed by atoms with Crippen LogP contribution in [0.1, 0.15) is 19.8 Å². The highest BCUT2D eigenvalue weighted by Gasteiger charge is 2.44. The van der Waals surface area contributed by atoms with Crippen LogP contribution in [0, 0.1) is 0 Å². The molecule has 1 amide bonds. The van der Waals surface area contributed by atoms with Gasteiger partial charge in [-0.15, -0.1) is 0 Å². The van der Waals surface area contributed by atoms with E-state index in [9.17, 15) is 18.1 Å². The molecule has 1 unspecified atom stereocenters. The predicted molar refractivity (Wildman–Crippen MR) is 90.0 cm³/mol. The molecule has 11 heteroatoms. The fourth-order valence-electron chi connectivity index (χ4n) is 1.62. The zero-order chi connectivity index (χ0) is 17.5. The maximum atomic E-state index is 14.0. The Labute approximate surface area is 141 Å². The van der Waals surface area contributed by atoms with Crippen molar-refractivity contribution >= 4 is 34.7 Å². The largest absolute Gasteiger partial charge is 0.490 e. The number of amides is 1. The number of rotatable bonds is 9. The molecule has 0 aliphatic rings. The summed E-state index contributed by atoms with van der Waals surface area (Å²) in [4.78, 5) is 11.7. The maximum absolute atomic E-state index is 14.0. The second-order valence-electron chi connectivity index (χ2n) is 4.52. The summed E-state index contributed by atoms with van der Waals surface area (Å²) in [5.74, 6) is -5.03. The topological polar surface area (TPSA) is 107 Å². The van der Waals surface area contributed by atoms with Gasteiger partial charge in [-0.25, -0.2) is 0 Å². The number of ether oxygens (including phenoxy) is 1. The molecule has 130 valence electrons. The molecule has 1 rings (SSSR count). The highest BCUT2D eigenvalue weighted by atomic mass is 33.1. The molecule has 0 aliphatic heterocycles. The molecule has 23 heavy (non-hydrogen) atoms. The van der Waals surface area contributed by atoms with Crippen LogP contribution in [-0.2, 0) is 9.36 Å². The standard InChI is InChI=1S/C12H18F2N3O3PS2/c1-2-9(20-10-6-4-3-5-7-10)8-12(13,14)11(18)17-21(19,22-15)23-16/h3-7,9H,2,8,15-16H2,1H3,(H,17,18,19). The molecule has 1 atom stereocenters. The molecule has 6 nitrogen and oxygen atoms in total. The van der Waals surface area contributed by atoms with Crippen LogP contribution in [0.5, 0.6) is 5.75 Å². The van der Waals surface area contributed by atoms with Crippen LogP contribution in [0.15, 0.2) is 30.3 Å². The fraction of sp³-hybridized carbons (Fsp3) is 0.417. The number of benzene rings is 1. The number of nitrogens with one attached hydrogen (secondary N) is 1. The first-order valence-corrected chi connectivity index (χ1v) is 11.2. The molecule has 1 aromatic carbocycles. The minimum Gasteiger partial charge on any atom is -0.490 e. The predicted octanol–water partition coefficient (Wildman–Crippen LogP) is 3.31. The van der Waals surface area contributed by atoms with Crippen LogP contribution in [0.25, 0.3) is 0 Å². The third-order valence-corrected chi connectivity index (χ3v) is 7.63. The van der Waals surface area contributed by atoms with Crippen molar-refractivity contribution in [2.75, 3.05) is 0 Å². The van der Waals surface area contributed by atoms with Crippen LogP contribution >= 0.6 is 28.8 Å². The van der Waals surface area contributed by atoms with Crippen molar-refractivity contribution in [3.63, 3.8) is 0 Å². The lowest BCUT2D eigenvalue weighted by Crippen LogP contribution is -2.41. The zero-order valence-corrected chi connectivity index (χ0v) is 14.8. The van der Waals surface area contributed by atoms with Crippen molar-refractivity contribution < 1.29 is 22.9 Å². The van der Waals surface area contributed by atoms with E-state index < -0.39 is 30.1 Å². The summed E-state index contributed by atoms with van der Waals surface area (Å²) in [6, 6.07) is 8.44. The summed E-state index contributed by atoms with van der Waals surface area (Å²) in [5.41, 5.74) is -3.68. The lowest BCUT2D eigenvalue weighted by Gasteiger charge is -2.24. The number of hydrogen-bond acceptors (Lipinski definition) is 7. The normalized spacial score (nSPS) is 13.4. The van der Waals surface area contributed by atoms with Crippen molar-refractivity contribution in [2.24, 2.45) is 10.3 Å². The molecular weight excluding hydrogens is 367 g/mol. The van der Waals surface area contributed by atoms with E-state index in [4.69, 9.17) is 15.0 Å². The van der Waals surface area contributed by atoms with Crippen LogP contribution in [0.3, 0.4) is 0 Å². The van der Waals surface area contributed by atoms with E-state index in [0.29, 0.717) is 5.75 Å². The van der Waals surface area contributed by atoms with Gasteiger partial charge in [0.25, 0.3) is 5.91 Å². The van der Waals surface area contributed by atoms with Gasteiger partial charge in [-0.1, -0.05) is 25.1 Å². The summed E-state index contributed by atoms with van der Waals surface area (Å²) in [6.45, 7) is 1.66. The highest BCUT2D eigenvalue weighted by molar-refractivity contribution is 8.89. The van der Waals surface area contributed by atoms with Crippen LogP contribution in [0.2, 0.25) is 0 Å². The van der Waals surface area contributed by atoms with E-state index in [2.05, 4.69) is 0 Å². The van der Waals surface area contributed by atoms with E-state index >= 15 is 0 Å². The lowest BCUT2D eigenvalue weighted by molar-refractivity contribution is -0.147. The number of carbonyl (C=O) groups excluding carboxylic acids is 1. The monoisotopic (exact) mass is 385 g/mol. The van der Waals surface area contributed by atoms with Crippen molar-refractivity contribution in [3.05, 3.63) is 30.3 Å². The summed E-state index contributed by atoms with van der Waals surface area (Å²) in [5, 5.41) is 11.9. The SMILES string of the molecule is CCC(CC(F)(F)C(=O)NP(=O)(SN)SN)Oc1ccccc1. The molecule has 0 fully saturated rings. The summed E-state index contributed by atoms with van der Waals surface area (Å²) >= 11 is 0.482. The molecular formula is C12H18F2N3O3PS2. The van der Waals surface area contributed by atoms with Crippen LogP contribution in [-0.4, -0.2) is 17.9 Å². The Balaban J connectivity index is 2.74. The van der Waals surface area contributed by atoms with Gasteiger partial charge >= 0.3 is 11.6 Å². The molecule has 0 bridgehead atoms. The number of hydrogen-bond donors (Lipinski definition) is 3. The van der Waals surface area contributed by atoms with E-state index in [0.717, 1.165) is 0 Å². The maximum Gasteiger partial charge on any atom is 0.328 e. The molecule has 0 radical (unpaired) electrons.